The summed E-state index contributed by atoms with van der Waals surface area (Å²) < 4.78 is 27.8. The molecule has 14 heavy (non-hydrogen) atoms. The molecule has 0 aromatic carbocycles. The van der Waals surface area contributed by atoms with Crippen LogP contribution in [-0.2, 0) is 19.4 Å². The maximum absolute atomic E-state index is 11.2. The van der Waals surface area contributed by atoms with Crippen molar-refractivity contribution >= 4 is 15.6 Å². The fraction of sp³-hybridized carbons (Fsp3) is 0.667. The van der Waals surface area contributed by atoms with Gasteiger partial charge in [-0.15, -0.1) is 0 Å². The lowest BCUT2D eigenvalue weighted by molar-refractivity contribution is -0.122. The second-order valence-electron chi connectivity index (χ2n) is 3.90. The van der Waals surface area contributed by atoms with Gasteiger partial charge in [-0.1, -0.05) is 0 Å². The van der Waals surface area contributed by atoms with Crippen molar-refractivity contribution in [2.24, 2.45) is 0 Å². The lowest BCUT2D eigenvalue weighted by Gasteiger charge is -2.37. The van der Waals surface area contributed by atoms with Gasteiger partial charge in [0.2, 0.25) is 0 Å². The van der Waals surface area contributed by atoms with Crippen molar-refractivity contribution in [3.8, 4) is 0 Å². The maximum Gasteiger partial charge on any atom is 0.162 e. The topological polar surface area (TPSA) is 60.4 Å². The van der Waals surface area contributed by atoms with E-state index in [4.69, 9.17) is 4.74 Å². The van der Waals surface area contributed by atoms with Gasteiger partial charge in [-0.05, 0) is 0 Å². The van der Waals surface area contributed by atoms with E-state index < -0.39 is 15.4 Å². The highest BCUT2D eigenvalue weighted by molar-refractivity contribution is 7.91. The van der Waals surface area contributed by atoms with E-state index >= 15 is 0 Å². The Balaban J connectivity index is 2.13. The molecule has 4 nitrogen and oxygen atoms in total. The van der Waals surface area contributed by atoms with Crippen molar-refractivity contribution < 1.29 is 17.9 Å². The largest absolute Gasteiger partial charge is 0.494 e. The third-order valence-corrected chi connectivity index (χ3v) is 4.46. The summed E-state index contributed by atoms with van der Waals surface area (Å²) in [6.07, 6.45) is 3.98. The third kappa shape index (κ3) is 1.82. The molecule has 1 spiro atoms. The molecular formula is C9H12O4S. The number of carbonyl (C=O) groups excluding carboxylic acids is 1. The molecule has 0 saturated carbocycles. The molecule has 2 rings (SSSR count). The van der Waals surface area contributed by atoms with E-state index in [0.29, 0.717) is 19.3 Å². The zero-order chi connectivity index (χ0) is 10.2. The minimum atomic E-state index is -2.89. The minimum absolute atomic E-state index is 0.0237. The molecule has 0 aromatic rings. The monoisotopic (exact) mass is 216 g/mol. The molecule has 0 radical (unpaired) electrons. The van der Waals surface area contributed by atoms with E-state index in [-0.39, 0.29) is 17.3 Å². The maximum atomic E-state index is 11.2. The molecular weight excluding hydrogens is 204 g/mol. The number of hydrogen-bond acceptors (Lipinski definition) is 4. The van der Waals surface area contributed by atoms with Crippen molar-refractivity contribution in [1.29, 1.82) is 0 Å². The van der Waals surface area contributed by atoms with Gasteiger partial charge in [-0.2, -0.15) is 0 Å². The van der Waals surface area contributed by atoms with Gasteiger partial charge < -0.3 is 4.74 Å². The number of ketones is 1. The average Bonchev–Trinajstić information content (AvgIpc) is 2.12. The Hall–Kier alpha value is -0.840. The van der Waals surface area contributed by atoms with E-state index in [0.717, 1.165) is 0 Å². The van der Waals surface area contributed by atoms with Gasteiger partial charge in [-0.25, -0.2) is 8.42 Å². The Bertz CT molecular complexity index is 366. The predicted octanol–water partition coefficient (Wildman–Crippen LogP) is 0.437. The van der Waals surface area contributed by atoms with Crippen LogP contribution in [0.15, 0.2) is 12.3 Å². The van der Waals surface area contributed by atoms with Crippen LogP contribution in [0.2, 0.25) is 0 Å². The normalized spacial score (nSPS) is 28.7. The first-order chi connectivity index (χ1) is 6.52. The van der Waals surface area contributed by atoms with Crippen LogP contribution in [0.3, 0.4) is 0 Å². The SMILES string of the molecule is O=C1C=COC2(CCS(=O)(=O)CC2)C1. The van der Waals surface area contributed by atoms with Crippen molar-refractivity contribution in [1.82, 2.24) is 0 Å². The summed E-state index contributed by atoms with van der Waals surface area (Å²) in [6, 6.07) is 0. The lowest BCUT2D eigenvalue weighted by atomic mass is 9.89. The van der Waals surface area contributed by atoms with Gasteiger partial charge in [-0.3, -0.25) is 4.79 Å². The van der Waals surface area contributed by atoms with Gasteiger partial charge in [0, 0.05) is 18.9 Å². The molecule has 2 aliphatic rings. The average molecular weight is 216 g/mol. The van der Waals surface area contributed by atoms with Gasteiger partial charge in [0.25, 0.3) is 0 Å². The summed E-state index contributed by atoms with van der Waals surface area (Å²) in [5.74, 6) is 0.290. The highest BCUT2D eigenvalue weighted by Gasteiger charge is 2.41. The molecule has 78 valence electrons. The Labute approximate surface area is 82.9 Å². The third-order valence-electron chi connectivity index (χ3n) is 2.81. The molecule has 1 saturated heterocycles. The number of hydrogen-bond donors (Lipinski definition) is 0. The van der Waals surface area contributed by atoms with Crippen LogP contribution in [0, 0.1) is 0 Å². The van der Waals surface area contributed by atoms with Crippen molar-refractivity contribution in [3.05, 3.63) is 12.3 Å². The fourth-order valence-corrected chi connectivity index (χ4v) is 3.45. The van der Waals surface area contributed by atoms with Crippen LogP contribution >= 0.6 is 0 Å². The second kappa shape index (κ2) is 3.08. The van der Waals surface area contributed by atoms with Crippen LogP contribution < -0.4 is 0 Å². The van der Waals surface area contributed by atoms with Gasteiger partial charge >= 0.3 is 0 Å². The number of ether oxygens (including phenoxy) is 1. The number of carbonyl (C=O) groups is 1. The van der Waals surface area contributed by atoms with Crippen LogP contribution in [0.4, 0.5) is 0 Å². The van der Waals surface area contributed by atoms with E-state index in [2.05, 4.69) is 0 Å². The fourth-order valence-electron chi connectivity index (χ4n) is 1.88. The molecule has 2 aliphatic heterocycles. The van der Waals surface area contributed by atoms with Crippen LogP contribution in [0.25, 0.3) is 0 Å². The van der Waals surface area contributed by atoms with Crippen LogP contribution in [-0.4, -0.2) is 31.3 Å². The quantitative estimate of drug-likeness (QED) is 0.589. The number of allylic oxidation sites excluding steroid dienone is 1. The molecule has 0 amide bonds. The highest BCUT2D eigenvalue weighted by atomic mass is 32.2. The van der Waals surface area contributed by atoms with Gasteiger partial charge in [0.1, 0.15) is 5.60 Å². The van der Waals surface area contributed by atoms with E-state index in [1.165, 1.54) is 12.3 Å². The van der Waals surface area contributed by atoms with Crippen LogP contribution in [0.5, 0.6) is 0 Å². The summed E-state index contributed by atoms with van der Waals surface area (Å²) in [5, 5.41) is 0. The molecule has 0 aromatic heterocycles. The summed E-state index contributed by atoms with van der Waals surface area (Å²) in [5.41, 5.74) is -0.531. The number of rotatable bonds is 0. The standard InChI is InChI=1S/C9H12O4S/c10-8-1-4-13-9(7-8)2-5-14(11,12)6-3-9/h1,4H,2-3,5-7H2. The lowest BCUT2D eigenvalue weighted by Crippen LogP contribution is -2.43. The molecule has 0 aliphatic carbocycles. The Morgan fingerprint density at radius 1 is 1.29 bits per heavy atom. The smallest absolute Gasteiger partial charge is 0.162 e. The van der Waals surface area contributed by atoms with Crippen molar-refractivity contribution in [3.63, 3.8) is 0 Å². The zero-order valence-electron chi connectivity index (χ0n) is 7.73. The van der Waals surface area contributed by atoms with Crippen LogP contribution in [0.1, 0.15) is 19.3 Å². The Morgan fingerprint density at radius 2 is 1.93 bits per heavy atom. The molecule has 1 fully saturated rings. The zero-order valence-corrected chi connectivity index (χ0v) is 8.55. The van der Waals surface area contributed by atoms with E-state index in [1.54, 1.807) is 0 Å². The predicted molar refractivity (Wildman–Crippen MR) is 50.5 cm³/mol. The summed E-state index contributed by atoms with van der Waals surface area (Å²) in [4.78, 5) is 11.2. The minimum Gasteiger partial charge on any atom is -0.494 e. The Kier molecular flexibility index (Phi) is 2.14. The number of sulfone groups is 1. The molecule has 0 unspecified atom stereocenters. The summed E-state index contributed by atoms with van der Waals surface area (Å²) in [6.45, 7) is 0. The second-order valence-corrected chi connectivity index (χ2v) is 6.20. The molecule has 5 heteroatoms. The summed E-state index contributed by atoms with van der Waals surface area (Å²) >= 11 is 0. The first kappa shape index (κ1) is 9.71. The first-order valence-electron chi connectivity index (χ1n) is 4.59. The van der Waals surface area contributed by atoms with Crippen molar-refractivity contribution in [2.45, 2.75) is 24.9 Å². The molecule has 0 bridgehead atoms. The van der Waals surface area contributed by atoms with Crippen molar-refractivity contribution in [2.75, 3.05) is 11.5 Å². The van der Waals surface area contributed by atoms with Gasteiger partial charge in [0.05, 0.1) is 24.2 Å². The molecule has 0 N–H and O–H groups in total. The highest BCUT2D eigenvalue weighted by Crippen LogP contribution is 2.33. The molecule has 2 heterocycles. The molecule has 0 atom stereocenters. The van der Waals surface area contributed by atoms with E-state index in [9.17, 15) is 13.2 Å². The van der Waals surface area contributed by atoms with E-state index in [1.807, 2.05) is 0 Å². The first-order valence-corrected chi connectivity index (χ1v) is 6.41. The van der Waals surface area contributed by atoms with Gasteiger partial charge in [0.15, 0.2) is 15.6 Å². The Morgan fingerprint density at radius 3 is 2.50 bits per heavy atom. The summed E-state index contributed by atoms with van der Waals surface area (Å²) in [7, 11) is -2.89.